The molecule has 1 aliphatic rings. The average Bonchev–Trinajstić information content (AvgIpc) is 3.04. The Balaban J connectivity index is 0.000000448. The van der Waals surface area contributed by atoms with Crippen LogP contribution in [-0.4, -0.2) is 75.3 Å². The number of aryl methyl sites for hydroxylation is 2. The Bertz CT molecular complexity index is 1330. The number of carbonyl (C=O) groups excluding carboxylic acids is 1. The van der Waals surface area contributed by atoms with Crippen molar-refractivity contribution in [1.82, 2.24) is 15.2 Å². The predicted octanol–water partition coefficient (Wildman–Crippen LogP) is 5.70. The van der Waals surface area contributed by atoms with Gasteiger partial charge in [0.1, 0.15) is 18.2 Å². The fourth-order valence-corrected chi connectivity index (χ4v) is 5.41. The summed E-state index contributed by atoms with van der Waals surface area (Å²) in [7, 11) is 3.64. The van der Waals surface area contributed by atoms with E-state index in [1.165, 1.54) is 12.1 Å². The van der Waals surface area contributed by atoms with Crippen LogP contribution in [0.3, 0.4) is 0 Å². The quantitative estimate of drug-likeness (QED) is 0.197. The molecule has 2 heterocycles. The first-order valence-electron chi connectivity index (χ1n) is 15.2. The zero-order valence-corrected chi connectivity index (χ0v) is 26.7. The molecule has 2 aromatic carbocycles. The van der Waals surface area contributed by atoms with E-state index >= 15 is 0 Å². The van der Waals surface area contributed by atoms with Gasteiger partial charge in [-0.3, -0.25) is 9.78 Å². The molecule has 0 aliphatic carbocycles. The highest BCUT2D eigenvalue weighted by Crippen LogP contribution is 2.29. The minimum absolute atomic E-state index is 0.276. The van der Waals surface area contributed by atoms with Gasteiger partial charge in [-0.1, -0.05) is 0 Å². The number of aldehydes is 1. The Morgan fingerprint density at radius 3 is 2.48 bits per heavy atom. The average molecular weight is 604 g/mol. The molecule has 8 nitrogen and oxygen atoms in total. The van der Waals surface area contributed by atoms with Gasteiger partial charge in [-0.15, -0.1) is 0 Å². The highest BCUT2D eigenvalue weighted by molar-refractivity contribution is 5.78. The largest absolute Gasteiger partial charge is 0.491 e. The van der Waals surface area contributed by atoms with Gasteiger partial charge < -0.3 is 24.6 Å². The first kappa shape index (κ1) is 34.6. The second kappa shape index (κ2) is 18.1. The fourth-order valence-electron chi connectivity index (χ4n) is 5.41. The maximum Gasteiger partial charge on any atom is 0.152 e. The number of anilines is 1. The third-order valence-electron chi connectivity index (χ3n) is 8.14. The van der Waals surface area contributed by atoms with Crippen LogP contribution in [0.5, 0.6) is 5.75 Å². The summed E-state index contributed by atoms with van der Waals surface area (Å²) in [6.45, 7) is 10.5. The summed E-state index contributed by atoms with van der Waals surface area (Å²) >= 11 is 0. The third-order valence-corrected chi connectivity index (χ3v) is 8.14. The van der Waals surface area contributed by atoms with E-state index in [0.29, 0.717) is 42.5 Å². The highest BCUT2D eigenvalue weighted by atomic mass is 19.1. The Labute approximate surface area is 261 Å². The molecule has 3 aromatic rings. The third kappa shape index (κ3) is 10.1. The van der Waals surface area contributed by atoms with E-state index in [0.717, 1.165) is 67.9 Å². The number of nitrogens with one attached hydrogen (secondary N) is 1. The summed E-state index contributed by atoms with van der Waals surface area (Å²) < 4.78 is 25.5. The van der Waals surface area contributed by atoms with Gasteiger partial charge in [0.05, 0.1) is 18.2 Å². The van der Waals surface area contributed by atoms with Crippen molar-refractivity contribution in [3.8, 4) is 11.8 Å². The number of nitriles is 1. The lowest BCUT2D eigenvalue weighted by Gasteiger charge is -2.42. The Morgan fingerprint density at radius 1 is 1.16 bits per heavy atom. The standard InChI is InChI=1S/C27H37FN4O2.C8H9NO/c1-21(10-13-30-2)31-14-11-25(12-15-31)32(20-23-18-22(19-29)4-9-27(23)28)24-5-7-26(8-6-24)34-17-16-33-3;1-6-3-4-9-7(2)8(6)5-10/h4-9,18,21,25,30H,10-17,20H2,1-3H3;3-5H,1-2H3. The van der Waals surface area contributed by atoms with Crippen molar-refractivity contribution < 1.29 is 18.7 Å². The first-order chi connectivity index (χ1) is 21.3. The summed E-state index contributed by atoms with van der Waals surface area (Å²) in [6.07, 6.45) is 5.70. The molecule has 1 saturated heterocycles. The molecule has 0 radical (unpaired) electrons. The Morgan fingerprint density at radius 2 is 1.89 bits per heavy atom. The number of nitrogens with zero attached hydrogens (tertiary/aromatic N) is 4. The molecule has 1 aromatic heterocycles. The van der Waals surface area contributed by atoms with Crippen LogP contribution in [0.1, 0.15) is 58.9 Å². The van der Waals surface area contributed by atoms with Gasteiger partial charge >= 0.3 is 0 Å². The first-order valence-corrected chi connectivity index (χ1v) is 15.2. The van der Waals surface area contributed by atoms with E-state index in [2.05, 4.69) is 33.1 Å². The number of piperidine rings is 1. The summed E-state index contributed by atoms with van der Waals surface area (Å²) in [5.41, 5.74) is 4.55. The van der Waals surface area contributed by atoms with Crippen LogP contribution >= 0.6 is 0 Å². The lowest BCUT2D eigenvalue weighted by atomic mass is 9.99. The zero-order valence-electron chi connectivity index (χ0n) is 26.7. The molecule has 9 heteroatoms. The topological polar surface area (TPSA) is 90.7 Å². The van der Waals surface area contributed by atoms with E-state index in [4.69, 9.17) is 9.47 Å². The van der Waals surface area contributed by atoms with Crippen molar-refractivity contribution in [2.45, 2.75) is 58.7 Å². The van der Waals surface area contributed by atoms with Gasteiger partial charge in [-0.05, 0) is 108 Å². The molecule has 1 aliphatic heterocycles. The molecule has 1 N–H and O–H groups in total. The number of methoxy groups -OCH3 is 1. The number of benzene rings is 2. The van der Waals surface area contributed by atoms with Crippen LogP contribution in [0.25, 0.3) is 0 Å². The van der Waals surface area contributed by atoms with Crippen LogP contribution in [0.2, 0.25) is 0 Å². The van der Waals surface area contributed by atoms with Crippen LogP contribution < -0.4 is 15.0 Å². The SMILES string of the molecule is CNCCC(C)N1CCC(N(Cc2cc(C#N)ccc2F)c2ccc(OCCOC)cc2)CC1.Cc1ccnc(C)c1C=O. The number of pyridine rings is 1. The van der Waals surface area contributed by atoms with Gasteiger partial charge in [0.15, 0.2) is 6.29 Å². The van der Waals surface area contributed by atoms with Crippen LogP contribution in [0.15, 0.2) is 54.7 Å². The molecular weight excluding hydrogens is 557 g/mol. The van der Waals surface area contributed by atoms with Crippen molar-refractivity contribution in [3.63, 3.8) is 0 Å². The Kier molecular flexibility index (Phi) is 14.2. The van der Waals surface area contributed by atoms with Crippen molar-refractivity contribution in [1.29, 1.82) is 5.26 Å². The second-order valence-corrected chi connectivity index (χ2v) is 11.1. The fraction of sp³-hybridized carbons (Fsp3) is 0.457. The number of carbonyl (C=O) groups is 1. The van der Waals surface area contributed by atoms with Crippen LogP contribution in [-0.2, 0) is 11.3 Å². The molecule has 0 amide bonds. The number of halogens is 1. The van der Waals surface area contributed by atoms with Crippen molar-refractivity contribution >= 4 is 12.0 Å². The van der Waals surface area contributed by atoms with E-state index in [1.54, 1.807) is 19.4 Å². The molecule has 1 unspecified atom stereocenters. The summed E-state index contributed by atoms with van der Waals surface area (Å²) in [6, 6.07) is 17.4. The molecule has 236 valence electrons. The molecule has 1 fully saturated rings. The second-order valence-electron chi connectivity index (χ2n) is 11.1. The number of ether oxygens (including phenoxy) is 2. The predicted molar refractivity (Wildman–Crippen MR) is 173 cm³/mol. The van der Waals surface area contributed by atoms with Crippen LogP contribution in [0, 0.1) is 31.0 Å². The van der Waals surface area contributed by atoms with Crippen molar-refractivity contribution in [2.24, 2.45) is 0 Å². The molecular formula is C35H46FN5O3. The summed E-state index contributed by atoms with van der Waals surface area (Å²) in [5.74, 6) is 0.508. The molecule has 44 heavy (non-hydrogen) atoms. The van der Waals surface area contributed by atoms with Crippen molar-refractivity contribution in [2.75, 3.05) is 51.9 Å². The van der Waals surface area contributed by atoms with E-state index in [9.17, 15) is 14.4 Å². The minimum Gasteiger partial charge on any atom is -0.491 e. The van der Waals surface area contributed by atoms with Gasteiger partial charge in [-0.25, -0.2) is 4.39 Å². The van der Waals surface area contributed by atoms with Gasteiger partial charge in [0.25, 0.3) is 0 Å². The maximum absolute atomic E-state index is 14.7. The van der Waals surface area contributed by atoms with Gasteiger partial charge in [-0.2, -0.15) is 5.26 Å². The summed E-state index contributed by atoms with van der Waals surface area (Å²) in [5, 5.41) is 12.5. The zero-order chi connectivity index (χ0) is 31.9. The number of hydrogen-bond acceptors (Lipinski definition) is 8. The Hall–Kier alpha value is -3.84. The van der Waals surface area contributed by atoms with Gasteiger partial charge in [0.2, 0.25) is 0 Å². The van der Waals surface area contributed by atoms with E-state index in [1.807, 2.05) is 51.2 Å². The molecule has 4 rings (SSSR count). The smallest absolute Gasteiger partial charge is 0.152 e. The van der Waals surface area contributed by atoms with Crippen LogP contribution in [0.4, 0.5) is 10.1 Å². The van der Waals surface area contributed by atoms with E-state index < -0.39 is 0 Å². The number of aromatic nitrogens is 1. The number of rotatable bonds is 13. The molecule has 0 bridgehead atoms. The lowest BCUT2D eigenvalue weighted by Crippen LogP contribution is -2.48. The molecule has 0 saturated carbocycles. The molecule has 1 atom stereocenters. The van der Waals surface area contributed by atoms with E-state index in [-0.39, 0.29) is 11.9 Å². The van der Waals surface area contributed by atoms with Gasteiger partial charge in [0, 0.05) is 67.5 Å². The van der Waals surface area contributed by atoms with Crippen molar-refractivity contribution in [3.05, 3.63) is 88.5 Å². The number of likely N-dealkylation sites (tertiary alicyclic amines) is 1. The summed E-state index contributed by atoms with van der Waals surface area (Å²) in [4.78, 5) is 19.2. The lowest BCUT2D eigenvalue weighted by molar-refractivity contribution is 0.112. The normalized spacial score (nSPS) is 14.2. The monoisotopic (exact) mass is 603 g/mol. The number of hydrogen-bond donors (Lipinski definition) is 1. The minimum atomic E-state index is -0.276. The maximum atomic E-state index is 14.7. The molecule has 0 spiro atoms. The highest BCUT2D eigenvalue weighted by Gasteiger charge is 2.28.